The van der Waals surface area contributed by atoms with E-state index in [9.17, 15) is 4.79 Å². The molecular formula is C22H18Br2N4O. The van der Waals surface area contributed by atoms with Crippen molar-refractivity contribution in [1.82, 2.24) is 19.9 Å². The van der Waals surface area contributed by atoms with Crippen LogP contribution in [-0.4, -0.2) is 25.7 Å². The smallest absolute Gasteiger partial charge is 0.230 e. The average molecular weight is 514 g/mol. The van der Waals surface area contributed by atoms with Gasteiger partial charge in [-0.05, 0) is 24.3 Å². The number of aromatic nitrogens is 4. The number of rotatable bonds is 3. The Labute approximate surface area is 184 Å². The van der Waals surface area contributed by atoms with E-state index in [4.69, 9.17) is 0 Å². The van der Waals surface area contributed by atoms with E-state index in [0.29, 0.717) is 11.4 Å². The number of halogens is 2. The maximum absolute atomic E-state index is 13.0. The molecule has 0 atom stereocenters. The molecule has 3 aromatic heterocycles. The molecule has 0 fully saturated rings. The molecule has 0 unspecified atom stereocenters. The summed E-state index contributed by atoms with van der Waals surface area (Å²) in [5.74, 6) is 0.178. The fraction of sp³-hybridized carbons (Fsp3) is 0.0909. The zero-order chi connectivity index (χ0) is 20.5. The highest BCUT2D eigenvalue weighted by atomic mass is 79.9. The lowest BCUT2D eigenvalue weighted by molar-refractivity contribution is 0.103. The highest BCUT2D eigenvalue weighted by Crippen LogP contribution is 2.30. The number of benzene rings is 2. The van der Waals surface area contributed by atoms with E-state index in [2.05, 4.69) is 51.8 Å². The van der Waals surface area contributed by atoms with Gasteiger partial charge in [-0.3, -0.25) is 4.79 Å². The van der Waals surface area contributed by atoms with Crippen molar-refractivity contribution in [2.75, 3.05) is 0 Å². The summed E-state index contributed by atoms with van der Waals surface area (Å²) >= 11 is 6.92. The molecule has 0 aliphatic heterocycles. The molecule has 5 nitrogen and oxygen atoms in total. The predicted octanol–water partition coefficient (Wildman–Crippen LogP) is 6.82. The lowest BCUT2D eigenvalue weighted by atomic mass is 10.1. The Bertz CT molecular complexity index is 1330. The second kappa shape index (κ2) is 8.00. The first-order valence-corrected chi connectivity index (χ1v) is 10.8. The lowest BCUT2D eigenvalue weighted by Crippen LogP contribution is -2.02. The van der Waals surface area contributed by atoms with Crippen LogP contribution in [0.3, 0.4) is 0 Å². The van der Waals surface area contributed by atoms with Crippen LogP contribution in [0, 0.1) is 0 Å². The summed E-state index contributed by atoms with van der Waals surface area (Å²) in [7, 11) is 0. The van der Waals surface area contributed by atoms with Gasteiger partial charge in [0.25, 0.3) is 0 Å². The fourth-order valence-electron chi connectivity index (χ4n) is 3.31. The number of ketones is 1. The van der Waals surface area contributed by atoms with E-state index in [0.717, 1.165) is 42.0 Å². The molecule has 29 heavy (non-hydrogen) atoms. The molecule has 2 aromatic carbocycles. The van der Waals surface area contributed by atoms with Gasteiger partial charge < -0.3 is 15.0 Å². The first-order chi connectivity index (χ1) is 14.1. The zero-order valence-corrected chi connectivity index (χ0v) is 19.0. The monoisotopic (exact) mass is 512 g/mol. The van der Waals surface area contributed by atoms with E-state index in [1.54, 1.807) is 12.4 Å². The van der Waals surface area contributed by atoms with Gasteiger partial charge in [-0.1, -0.05) is 57.8 Å². The summed E-state index contributed by atoms with van der Waals surface area (Å²) in [6, 6.07) is 11.8. The van der Waals surface area contributed by atoms with Crippen molar-refractivity contribution in [2.24, 2.45) is 0 Å². The maximum atomic E-state index is 13.0. The molecule has 0 aliphatic rings. The number of imidazole rings is 1. The molecule has 5 rings (SSSR count). The second-order valence-electron chi connectivity index (χ2n) is 6.26. The van der Waals surface area contributed by atoms with E-state index in [1.807, 2.05) is 56.4 Å². The normalized spacial score (nSPS) is 10.9. The van der Waals surface area contributed by atoms with Gasteiger partial charge in [-0.15, -0.1) is 0 Å². The quantitative estimate of drug-likeness (QED) is 0.231. The Morgan fingerprint density at radius 1 is 0.897 bits per heavy atom. The van der Waals surface area contributed by atoms with E-state index in [-0.39, 0.29) is 5.78 Å². The third-order valence-corrected chi connectivity index (χ3v) is 5.60. The number of fused-ring (bicyclic) bond motifs is 2. The van der Waals surface area contributed by atoms with Gasteiger partial charge in [-0.2, -0.15) is 0 Å². The molecule has 0 aliphatic carbocycles. The molecule has 0 saturated carbocycles. The maximum Gasteiger partial charge on any atom is 0.230 e. The molecule has 0 saturated heterocycles. The van der Waals surface area contributed by atoms with Crippen molar-refractivity contribution >= 4 is 59.4 Å². The number of hydrogen-bond donors (Lipinski definition) is 3. The minimum atomic E-state index is -0.141. The molecule has 0 spiro atoms. The van der Waals surface area contributed by atoms with Crippen LogP contribution in [0.15, 0.2) is 63.9 Å². The molecule has 146 valence electrons. The van der Waals surface area contributed by atoms with Gasteiger partial charge in [0.05, 0.1) is 17.5 Å². The summed E-state index contributed by atoms with van der Waals surface area (Å²) in [4.78, 5) is 26.8. The fourth-order valence-corrected chi connectivity index (χ4v) is 4.03. The van der Waals surface area contributed by atoms with Crippen LogP contribution in [0.1, 0.15) is 30.0 Å². The second-order valence-corrected chi connectivity index (χ2v) is 8.09. The number of carbonyl (C=O) groups excluding carboxylic acids is 1. The lowest BCUT2D eigenvalue weighted by Gasteiger charge is -1.98. The van der Waals surface area contributed by atoms with Gasteiger partial charge in [0.15, 0.2) is 5.82 Å². The number of carbonyl (C=O) groups is 1. The Morgan fingerprint density at radius 2 is 1.52 bits per heavy atom. The Morgan fingerprint density at radius 3 is 2.24 bits per heavy atom. The van der Waals surface area contributed by atoms with Crippen LogP contribution in [0.2, 0.25) is 0 Å². The number of H-pyrrole nitrogens is 3. The van der Waals surface area contributed by atoms with Crippen molar-refractivity contribution in [3.63, 3.8) is 0 Å². The molecule has 5 aromatic rings. The Balaban J connectivity index is 0.000000994. The Kier molecular flexibility index (Phi) is 5.43. The summed E-state index contributed by atoms with van der Waals surface area (Å²) in [6.45, 7) is 4.00. The van der Waals surface area contributed by atoms with Crippen LogP contribution in [0.25, 0.3) is 33.1 Å². The van der Waals surface area contributed by atoms with Crippen molar-refractivity contribution in [3.8, 4) is 11.3 Å². The van der Waals surface area contributed by atoms with Crippen molar-refractivity contribution < 1.29 is 4.79 Å². The van der Waals surface area contributed by atoms with E-state index in [1.165, 1.54) is 0 Å². The van der Waals surface area contributed by atoms with Crippen molar-refractivity contribution in [2.45, 2.75) is 13.8 Å². The molecule has 0 radical (unpaired) electrons. The van der Waals surface area contributed by atoms with Crippen LogP contribution >= 0.6 is 31.9 Å². The summed E-state index contributed by atoms with van der Waals surface area (Å²) in [5, 5.41) is 1.94. The van der Waals surface area contributed by atoms with Gasteiger partial charge >= 0.3 is 0 Å². The van der Waals surface area contributed by atoms with E-state index >= 15 is 0 Å². The van der Waals surface area contributed by atoms with Gasteiger partial charge in [0, 0.05) is 48.7 Å². The zero-order valence-electron chi connectivity index (χ0n) is 15.8. The van der Waals surface area contributed by atoms with Crippen LogP contribution in [0.5, 0.6) is 0 Å². The van der Waals surface area contributed by atoms with Crippen LogP contribution < -0.4 is 0 Å². The van der Waals surface area contributed by atoms with E-state index < -0.39 is 0 Å². The van der Waals surface area contributed by atoms with Gasteiger partial charge in [0.1, 0.15) is 0 Å². The SMILES string of the molecule is CC.O=C(c1ncc(-c2c[nH]c3cc(Br)ccc23)[nH]1)c1c[nH]c2cc(Br)ccc12. The third-order valence-electron chi connectivity index (χ3n) is 4.61. The molecule has 0 bridgehead atoms. The third kappa shape index (κ3) is 3.56. The number of aromatic amines is 3. The highest BCUT2D eigenvalue weighted by Gasteiger charge is 2.18. The molecule has 3 heterocycles. The summed E-state index contributed by atoms with van der Waals surface area (Å²) in [6.07, 6.45) is 5.34. The molecule has 0 amide bonds. The van der Waals surface area contributed by atoms with Crippen LogP contribution in [0.4, 0.5) is 0 Å². The number of nitrogens with zero attached hydrogens (tertiary/aromatic N) is 1. The first-order valence-electron chi connectivity index (χ1n) is 9.23. The first kappa shape index (κ1) is 19.7. The molecule has 3 N–H and O–H groups in total. The summed E-state index contributed by atoms with van der Waals surface area (Å²) < 4.78 is 1.97. The average Bonchev–Trinajstić information content (AvgIpc) is 3.46. The number of hydrogen-bond acceptors (Lipinski definition) is 2. The predicted molar refractivity (Wildman–Crippen MR) is 124 cm³/mol. The minimum absolute atomic E-state index is 0.141. The molecule has 7 heteroatoms. The van der Waals surface area contributed by atoms with Gasteiger partial charge in [0.2, 0.25) is 5.78 Å². The molecular weight excluding hydrogens is 496 g/mol. The highest BCUT2D eigenvalue weighted by molar-refractivity contribution is 9.10. The van der Waals surface area contributed by atoms with Crippen LogP contribution in [-0.2, 0) is 0 Å². The standard InChI is InChI=1S/C20H12Br2N4O.C2H6/c21-10-1-3-12-14(7-23-16(12)5-10)18-9-25-20(26-18)19(27)15-8-24-17-6-11(22)2-4-13(15)17;1-2/h1-9,23-24H,(H,25,26);1-2H3. The Hall–Kier alpha value is -2.64. The topological polar surface area (TPSA) is 77.3 Å². The number of nitrogens with one attached hydrogen (secondary N) is 3. The van der Waals surface area contributed by atoms with Crippen molar-refractivity contribution in [3.05, 3.63) is 75.3 Å². The minimum Gasteiger partial charge on any atom is -0.360 e. The summed E-state index contributed by atoms with van der Waals surface area (Å²) in [5.41, 5.74) is 4.30. The van der Waals surface area contributed by atoms with Crippen molar-refractivity contribution in [1.29, 1.82) is 0 Å². The van der Waals surface area contributed by atoms with Gasteiger partial charge in [-0.25, -0.2) is 4.98 Å². The largest absolute Gasteiger partial charge is 0.360 e.